The van der Waals surface area contributed by atoms with Gasteiger partial charge >= 0.3 is 12.1 Å². The molecule has 0 amide bonds. The quantitative estimate of drug-likeness (QED) is 0.833. The summed E-state index contributed by atoms with van der Waals surface area (Å²) in [5.74, 6) is -2.10. The van der Waals surface area contributed by atoms with E-state index in [0.29, 0.717) is 11.5 Å². The summed E-state index contributed by atoms with van der Waals surface area (Å²) in [6, 6.07) is 0. The summed E-state index contributed by atoms with van der Waals surface area (Å²) in [5.41, 5.74) is -0.162. The second-order valence-electron chi connectivity index (χ2n) is 3.92. The molecule has 0 radical (unpaired) electrons. The number of carbonyl (C=O) groups is 1. The number of rotatable bonds is 6. The standard InChI is InChI=1S/C9H11F3N2O4S2/c1-5-6(8(15)16)7(19-13-5)14-20(17,18)4-2-3-9(10,11)12/h14H,2-4H2,1H3,(H,15,16). The van der Waals surface area contributed by atoms with Gasteiger partial charge in [0.1, 0.15) is 10.6 Å². The van der Waals surface area contributed by atoms with Crippen molar-refractivity contribution in [1.82, 2.24) is 4.37 Å². The molecule has 20 heavy (non-hydrogen) atoms. The molecule has 6 nitrogen and oxygen atoms in total. The topological polar surface area (TPSA) is 96.4 Å². The van der Waals surface area contributed by atoms with Crippen molar-refractivity contribution >= 4 is 32.5 Å². The van der Waals surface area contributed by atoms with Crippen LogP contribution in [0.3, 0.4) is 0 Å². The molecular weight excluding hydrogens is 321 g/mol. The van der Waals surface area contributed by atoms with Crippen LogP contribution in [0.4, 0.5) is 18.2 Å². The van der Waals surface area contributed by atoms with Gasteiger partial charge in [0.2, 0.25) is 10.0 Å². The molecule has 11 heteroatoms. The van der Waals surface area contributed by atoms with E-state index >= 15 is 0 Å². The molecule has 0 atom stereocenters. The Hall–Kier alpha value is -1.36. The van der Waals surface area contributed by atoms with Crippen molar-refractivity contribution in [1.29, 1.82) is 0 Å². The minimum Gasteiger partial charge on any atom is -0.478 e. The zero-order valence-corrected chi connectivity index (χ0v) is 11.8. The van der Waals surface area contributed by atoms with E-state index in [1.807, 2.05) is 4.72 Å². The van der Waals surface area contributed by atoms with Gasteiger partial charge in [-0.15, -0.1) is 0 Å². The number of carboxylic acid groups (broad SMARTS) is 1. The molecule has 0 saturated heterocycles. The molecule has 0 bridgehead atoms. The van der Waals surface area contributed by atoms with E-state index in [4.69, 9.17) is 5.11 Å². The molecule has 1 heterocycles. The van der Waals surface area contributed by atoms with Crippen LogP contribution in [0.25, 0.3) is 0 Å². The molecule has 2 N–H and O–H groups in total. The average molecular weight is 332 g/mol. The number of aromatic carboxylic acids is 1. The fraction of sp³-hybridized carbons (Fsp3) is 0.556. The number of aromatic nitrogens is 1. The molecule has 1 aromatic heterocycles. The first kappa shape index (κ1) is 16.7. The van der Waals surface area contributed by atoms with Crippen LogP contribution in [-0.2, 0) is 10.0 Å². The lowest BCUT2D eigenvalue weighted by molar-refractivity contribution is -0.134. The van der Waals surface area contributed by atoms with Crippen molar-refractivity contribution in [3.8, 4) is 0 Å². The number of nitrogens with one attached hydrogen (secondary N) is 1. The first-order chi connectivity index (χ1) is 9.02. The van der Waals surface area contributed by atoms with Crippen molar-refractivity contribution in [3.05, 3.63) is 11.3 Å². The van der Waals surface area contributed by atoms with E-state index in [2.05, 4.69) is 4.37 Å². The van der Waals surface area contributed by atoms with Crippen LogP contribution >= 0.6 is 11.5 Å². The van der Waals surface area contributed by atoms with E-state index in [-0.39, 0.29) is 16.3 Å². The van der Waals surface area contributed by atoms with E-state index in [9.17, 15) is 26.4 Å². The predicted molar refractivity (Wildman–Crippen MR) is 66.5 cm³/mol. The molecule has 1 aromatic rings. The molecule has 0 saturated carbocycles. The van der Waals surface area contributed by atoms with Gasteiger partial charge in [-0.05, 0) is 24.9 Å². The van der Waals surface area contributed by atoms with E-state index in [1.165, 1.54) is 6.92 Å². The van der Waals surface area contributed by atoms with Gasteiger partial charge in [-0.1, -0.05) is 0 Å². The van der Waals surface area contributed by atoms with Crippen molar-refractivity contribution in [2.24, 2.45) is 0 Å². The lowest BCUT2D eigenvalue weighted by Crippen LogP contribution is -2.19. The Morgan fingerprint density at radius 2 is 2.05 bits per heavy atom. The fourth-order valence-electron chi connectivity index (χ4n) is 1.35. The molecule has 0 unspecified atom stereocenters. The highest BCUT2D eigenvalue weighted by atomic mass is 32.2. The maximum Gasteiger partial charge on any atom is 0.389 e. The van der Waals surface area contributed by atoms with Crippen LogP contribution in [0.15, 0.2) is 0 Å². The summed E-state index contributed by atoms with van der Waals surface area (Å²) in [5, 5.41) is 8.69. The number of anilines is 1. The van der Waals surface area contributed by atoms with Gasteiger partial charge in [-0.25, -0.2) is 13.2 Å². The largest absolute Gasteiger partial charge is 0.478 e. The first-order valence-electron chi connectivity index (χ1n) is 5.28. The normalized spacial score (nSPS) is 12.4. The Balaban J connectivity index is 2.75. The number of alkyl halides is 3. The molecule has 0 aliphatic heterocycles. The van der Waals surface area contributed by atoms with Crippen LogP contribution in [0.1, 0.15) is 28.9 Å². The highest BCUT2D eigenvalue weighted by Gasteiger charge is 2.28. The molecule has 0 aromatic carbocycles. The average Bonchev–Trinajstić information content (AvgIpc) is 2.56. The highest BCUT2D eigenvalue weighted by molar-refractivity contribution is 7.92. The van der Waals surface area contributed by atoms with E-state index < -0.39 is 40.8 Å². The Kier molecular flexibility index (Phi) is 4.97. The number of aryl methyl sites for hydroxylation is 1. The van der Waals surface area contributed by atoms with Gasteiger partial charge in [-0.3, -0.25) is 4.72 Å². The van der Waals surface area contributed by atoms with Gasteiger partial charge < -0.3 is 5.11 Å². The Labute approximate surface area is 116 Å². The maximum absolute atomic E-state index is 11.9. The first-order valence-corrected chi connectivity index (χ1v) is 7.71. The summed E-state index contributed by atoms with van der Waals surface area (Å²) in [7, 11) is -4.04. The third kappa shape index (κ3) is 4.96. The van der Waals surface area contributed by atoms with Crippen LogP contribution in [0.2, 0.25) is 0 Å². The van der Waals surface area contributed by atoms with Crippen molar-refractivity contribution in [2.75, 3.05) is 10.5 Å². The van der Waals surface area contributed by atoms with Gasteiger partial charge in [0.05, 0.1) is 11.4 Å². The number of carboxylic acids is 1. The fourth-order valence-corrected chi connectivity index (χ4v) is 3.53. The second-order valence-corrected chi connectivity index (χ2v) is 6.53. The number of sulfonamides is 1. The summed E-state index contributed by atoms with van der Waals surface area (Å²) in [4.78, 5) is 10.9. The Bertz CT molecular complexity index is 595. The molecule has 0 spiro atoms. The van der Waals surface area contributed by atoms with Crippen molar-refractivity contribution in [3.63, 3.8) is 0 Å². The third-order valence-electron chi connectivity index (χ3n) is 2.20. The van der Waals surface area contributed by atoms with E-state index in [1.54, 1.807) is 0 Å². The SMILES string of the molecule is Cc1nsc(NS(=O)(=O)CCCC(F)(F)F)c1C(=O)O. The second kappa shape index (κ2) is 5.95. The zero-order chi connectivity index (χ0) is 15.6. The molecule has 114 valence electrons. The summed E-state index contributed by atoms with van der Waals surface area (Å²) >= 11 is 0.627. The number of hydrogen-bond donors (Lipinski definition) is 2. The Morgan fingerprint density at radius 1 is 1.45 bits per heavy atom. The van der Waals surface area contributed by atoms with Crippen LogP contribution in [0.5, 0.6) is 0 Å². The van der Waals surface area contributed by atoms with Crippen molar-refractivity contribution in [2.45, 2.75) is 25.9 Å². The Morgan fingerprint density at radius 3 is 2.55 bits per heavy atom. The number of hydrogen-bond acceptors (Lipinski definition) is 5. The van der Waals surface area contributed by atoms with Crippen molar-refractivity contribution < 1.29 is 31.5 Å². The number of halogens is 3. The monoisotopic (exact) mass is 332 g/mol. The highest BCUT2D eigenvalue weighted by Crippen LogP contribution is 2.26. The zero-order valence-electron chi connectivity index (χ0n) is 10.2. The van der Waals surface area contributed by atoms with Gasteiger partial charge in [0, 0.05) is 6.42 Å². The third-order valence-corrected chi connectivity index (χ3v) is 4.52. The summed E-state index contributed by atoms with van der Waals surface area (Å²) in [6.45, 7) is 1.39. The molecule has 0 aliphatic rings. The molecule has 0 aliphatic carbocycles. The van der Waals surface area contributed by atoms with Gasteiger partial charge in [0.25, 0.3) is 0 Å². The smallest absolute Gasteiger partial charge is 0.389 e. The van der Waals surface area contributed by atoms with Gasteiger partial charge in [-0.2, -0.15) is 17.5 Å². The van der Waals surface area contributed by atoms with Gasteiger partial charge in [0.15, 0.2) is 0 Å². The number of nitrogens with zero attached hydrogens (tertiary/aromatic N) is 1. The summed E-state index contributed by atoms with van der Waals surface area (Å²) in [6.07, 6.45) is -6.25. The van der Waals surface area contributed by atoms with E-state index in [0.717, 1.165) is 0 Å². The minimum atomic E-state index is -4.43. The maximum atomic E-state index is 11.9. The van der Waals surface area contributed by atoms with Crippen LogP contribution in [-0.4, -0.2) is 35.8 Å². The van der Waals surface area contributed by atoms with Crippen LogP contribution < -0.4 is 4.72 Å². The molecule has 1 rings (SSSR count). The van der Waals surface area contributed by atoms with Crippen LogP contribution in [0, 0.1) is 6.92 Å². The molecule has 0 fully saturated rings. The lowest BCUT2D eigenvalue weighted by atomic mass is 10.2. The predicted octanol–water partition coefficient (Wildman–Crippen LogP) is 2.23. The summed E-state index contributed by atoms with van der Waals surface area (Å²) < 4.78 is 64.6. The minimum absolute atomic E-state index is 0.135. The molecular formula is C9H11F3N2O4S2. The lowest BCUT2D eigenvalue weighted by Gasteiger charge is -2.08.